The lowest BCUT2D eigenvalue weighted by Crippen LogP contribution is -2.26. The van der Waals surface area contributed by atoms with Gasteiger partial charge >= 0.3 is 0 Å². The minimum Gasteiger partial charge on any atom is -0.326 e. The fraction of sp³-hybridized carbons (Fsp3) is 0.0870. The molecule has 0 aliphatic rings. The van der Waals surface area contributed by atoms with Gasteiger partial charge in [0.15, 0.2) is 0 Å². The molecule has 0 bridgehead atoms. The van der Waals surface area contributed by atoms with Gasteiger partial charge in [-0.05, 0) is 47.5 Å². The first-order valence-corrected chi connectivity index (χ1v) is 9.15. The Balaban J connectivity index is 1.68. The van der Waals surface area contributed by atoms with Gasteiger partial charge in [-0.2, -0.15) is 10.4 Å². The number of nitriles is 1. The van der Waals surface area contributed by atoms with E-state index in [9.17, 15) is 4.79 Å². The van der Waals surface area contributed by atoms with E-state index >= 15 is 0 Å². The molecule has 142 valence electrons. The predicted molar refractivity (Wildman–Crippen MR) is 112 cm³/mol. The van der Waals surface area contributed by atoms with E-state index in [-0.39, 0.29) is 5.91 Å². The summed E-state index contributed by atoms with van der Waals surface area (Å²) in [6.45, 7) is 0.495. The number of rotatable bonds is 4. The predicted octanol–water partition coefficient (Wildman–Crippen LogP) is 3.61. The van der Waals surface area contributed by atoms with E-state index in [2.05, 4.69) is 11.2 Å². The lowest BCUT2D eigenvalue weighted by atomic mass is 10.0. The van der Waals surface area contributed by atoms with E-state index in [1.165, 1.54) is 0 Å². The minimum atomic E-state index is -0.136. The summed E-state index contributed by atoms with van der Waals surface area (Å²) in [7, 11) is 1.72. The molecule has 0 saturated carbocycles. The Labute approximate surface area is 168 Å². The summed E-state index contributed by atoms with van der Waals surface area (Å²) in [5.41, 5.74) is 11.4. The van der Waals surface area contributed by atoms with E-state index in [1.807, 2.05) is 30.3 Å². The van der Waals surface area contributed by atoms with Gasteiger partial charge in [-0.1, -0.05) is 24.3 Å². The summed E-state index contributed by atoms with van der Waals surface area (Å²) in [6.07, 6.45) is 3.58. The van der Waals surface area contributed by atoms with Crippen LogP contribution in [0.2, 0.25) is 0 Å². The molecule has 0 saturated heterocycles. The number of pyridine rings is 1. The summed E-state index contributed by atoms with van der Waals surface area (Å²) in [5.74, 6) is -0.136. The summed E-state index contributed by atoms with van der Waals surface area (Å²) < 4.78 is 1.75. The van der Waals surface area contributed by atoms with Gasteiger partial charge in [-0.25, -0.2) is 4.52 Å². The molecular weight excluding hydrogens is 362 g/mol. The van der Waals surface area contributed by atoms with E-state index < -0.39 is 0 Å². The number of carbonyl (C=O) groups excluding carboxylic acids is 1. The largest absolute Gasteiger partial charge is 0.326 e. The van der Waals surface area contributed by atoms with Gasteiger partial charge < -0.3 is 10.6 Å². The van der Waals surface area contributed by atoms with Crippen molar-refractivity contribution in [3.63, 3.8) is 0 Å². The SMILES string of the molecule is CN(C(=O)c1ccn2ncc(-c3ccc(CN)cc3)c2c1)c1ccc(C#N)cc1. The zero-order valence-electron chi connectivity index (χ0n) is 15.9. The number of benzene rings is 2. The van der Waals surface area contributed by atoms with Crippen LogP contribution in [-0.4, -0.2) is 22.6 Å². The zero-order chi connectivity index (χ0) is 20.4. The quantitative estimate of drug-likeness (QED) is 0.585. The molecule has 0 fully saturated rings. The van der Waals surface area contributed by atoms with Crippen LogP contribution in [0.5, 0.6) is 0 Å². The number of aromatic nitrogens is 2. The maximum Gasteiger partial charge on any atom is 0.258 e. The molecular formula is C23H19N5O. The van der Waals surface area contributed by atoms with Crippen LogP contribution in [0.1, 0.15) is 21.5 Å². The summed E-state index contributed by atoms with van der Waals surface area (Å²) in [4.78, 5) is 14.6. The smallest absolute Gasteiger partial charge is 0.258 e. The normalized spacial score (nSPS) is 10.7. The van der Waals surface area contributed by atoms with Crippen LogP contribution in [0.25, 0.3) is 16.6 Å². The number of carbonyl (C=O) groups is 1. The number of fused-ring (bicyclic) bond motifs is 1. The maximum absolute atomic E-state index is 13.0. The summed E-state index contributed by atoms with van der Waals surface area (Å²) in [5, 5.41) is 13.3. The number of nitrogens with zero attached hydrogens (tertiary/aromatic N) is 4. The molecule has 2 aromatic carbocycles. The van der Waals surface area contributed by atoms with Gasteiger partial charge in [0.05, 0.1) is 23.3 Å². The molecule has 2 N–H and O–H groups in total. The molecule has 4 rings (SSSR count). The third-order valence-corrected chi connectivity index (χ3v) is 4.96. The topological polar surface area (TPSA) is 87.4 Å². The number of amides is 1. The monoisotopic (exact) mass is 381 g/mol. The Morgan fingerprint density at radius 2 is 1.86 bits per heavy atom. The number of hydrogen-bond donors (Lipinski definition) is 1. The highest BCUT2D eigenvalue weighted by molar-refractivity contribution is 6.06. The van der Waals surface area contributed by atoms with Crippen molar-refractivity contribution in [2.75, 3.05) is 11.9 Å². The molecule has 0 spiro atoms. The number of hydrogen-bond acceptors (Lipinski definition) is 4. The van der Waals surface area contributed by atoms with Gasteiger partial charge in [0.25, 0.3) is 5.91 Å². The Bertz CT molecular complexity index is 1220. The molecule has 0 aliphatic carbocycles. The molecule has 4 aromatic rings. The van der Waals surface area contributed by atoms with Crippen molar-refractivity contribution in [1.82, 2.24) is 9.61 Å². The molecule has 0 unspecified atom stereocenters. The van der Waals surface area contributed by atoms with Crippen LogP contribution >= 0.6 is 0 Å². The van der Waals surface area contributed by atoms with E-state index in [4.69, 9.17) is 11.0 Å². The lowest BCUT2D eigenvalue weighted by molar-refractivity contribution is 0.0993. The molecule has 6 heteroatoms. The second-order valence-corrected chi connectivity index (χ2v) is 6.73. The average Bonchev–Trinajstić information content (AvgIpc) is 3.21. The Hall–Kier alpha value is -3.95. The summed E-state index contributed by atoms with van der Waals surface area (Å²) in [6, 6.07) is 20.6. The highest BCUT2D eigenvalue weighted by Crippen LogP contribution is 2.26. The highest BCUT2D eigenvalue weighted by Gasteiger charge is 2.16. The van der Waals surface area contributed by atoms with Crippen molar-refractivity contribution in [2.45, 2.75) is 6.54 Å². The van der Waals surface area contributed by atoms with Crippen molar-refractivity contribution >= 4 is 17.1 Å². The first-order chi connectivity index (χ1) is 14.1. The standard InChI is InChI=1S/C23H19N5O/c1-27(20-8-4-17(14-25)5-9-20)23(29)19-10-11-28-22(12-19)21(15-26-28)18-6-2-16(13-24)3-7-18/h2-12,15H,13,24H2,1H3. The van der Waals surface area contributed by atoms with E-state index in [0.717, 1.165) is 27.9 Å². The fourth-order valence-corrected chi connectivity index (χ4v) is 3.23. The van der Waals surface area contributed by atoms with Crippen LogP contribution < -0.4 is 10.6 Å². The van der Waals surface area contributed by atoms with Gasteiger partial charge in [0.1, 0.15) is 0 Å². The van der Waals surface area contributed by atoms with E-state index in [1.54, 1.807) is 59.2 Å². The van der Waals surface area contributed by atoms with Gasteiger partial charge in [0.2, 0.25) is 0 Å². The van der Waals surface area contributed by atoms with Gasteiger partial charge in [-0.15, -0.1) is 0 Å². The Kier molecular flexibility index (Phi) is 4.82. The average molecular weight is 381 g/mol. The molecule has 29 heavy (non-hydrogen) atoms. The molecule has 1 amide bonds. The minimum absolute atomic E-state index is 0.136. The molecule has 2 aromatic heterocycles. The first kappa shape index (κ1) is 18.4. The Morgan fingerprint density at radius 1 is 1.14 bits per heavy atom. The third kappa shape index (κ3) is 3.47. The molecule has 6 nitrogen and oxygen atoms in total. The van der Waals surface area contributed by atoms with Crippen LogP contribution in [0.4, 0.5) is 5.69 Å². The van der Waals surface area contributed by atoms with Crippen molar-refractivity contribution in [1.29, 1.82) is 5.26 Å². The zero-order valence-corrected chi connectivity index (χ0v) is 15.9. The van der Waals surface area contributed by atoms with Crippen LogP contribution in [0, 0.1) is 11.3 Å². The maximum atomic E-state index is 13.0. The second kappa shape index (κ2) is 7.58. The van der Waals surface area contributed by atoms with Crippen molar-refractivity contribution in [3.8, 4) is 17.2 Å². The van der Waals surface area contributed by atoms with Gasteiger partial charge in [-0.3, -0.25) is 4.79 Å². The molecule has 0 aliphatic heterocycles. The summed E-state index contributed by atoms with van der Waals surface area (Å²) >= 11 is 0. The van der Waals surface area contributed by atoms with Crippen LogP contribution in [0.15, 0.2) is 73.1 Å². The number of anilines is 1. The van der Waals surface area contributed by atoms with Crippen molar-refractivity contribution in [2.24, 2.45) is 5.73 Å². The van der Waals surface area contributed by atoms with Crippen LogP contribution in [0.3, 0.4) is 0 Å². The number of nitrogens with two attached hydrogens (primary N) is 1. The fourth-order valence-electron chi connectivity index (χ4n) is 3.23. The molecule has 2 heterocycles. The highest BCUT2D eigenvalue weighted by atomic mass is 16.2. The van der Waals surface area contributed by atoms with Gasteiger partial charge in [0, 0.05) is 36.6 Å². The van der Waals surface area contributed by atoms with Crippen molar-refractivity contribution < 1.29 is 4.79 Å². The molecule has 0 radical (unpaired) electrons. The van der Waals surface area contributed by atoms with E-state index in [0.29, 0.717) is 17.7 Å². The lowest BCUT2D eigenvalue weighted by Gasteiger charge is -2.17. The van der Waals surface area contributed by atoms with Crippen LogP contribution in [-0.2, 0) is 6.54 Å². The first-order valence-electron chi connectivity index (χ1n) is 9.15. The second-order valence-electron chi connectivity index (χ2n) is 6.73. The third-order valence-electron chi connectivity index (χ3n) is 4.96. The van der Waals surface area contributed by atoms with Crippen molar-refractivity contribution in [3.05, 3.63) is 89.7 Å². The Morgan fingerprint density at radius 3 is 2.52 bits per heavy atom. The molecule has 0 atom stereocenters.